The number of carbonyl (C=O) groups excluding carboxylic acids is 1. The normalized spacial score (nSPS) is 22.9. The second-order valence-corrected chi connectivity index (χ2v) is 5.51. The summed E-state index contributed by atoms with van der Waals surface area (Å²) >= 11 is 0. The highest BCUT2D eigenvalue weighted by Crippen LogP contribution is 2.32. The molecule has 2 atom stereocenters. The monoisotopic (exact) mass is 301 g/mol. The quantitative estimate of drug-likeness (QED) is 0.663. The Balaban J connectivity index is 2.12. The van der Waals surface area contributed by atoms with Gasteiger partial charge in [0.25, 0.3) is 0 Å². The van der Waals surface area contributed by atoms with Crippen LogP contribution in [0.2, 0.25) is 0 Å². The van der Waals surface area contributed by atoms with Crippen molar-refractivity contribution in [1.29, 1.82) is 0 Å². The van der Waals surface area contributed by atoms with Crippen LogP contribution >= 0.6 is 0 Å². The Morgan fingerprint density at radius 1 is 1.29 bits per heavy atom. The number of benzene rings is 1. The van der Waals surface area contributed by atoms with Crippen LogP contribution in [0.25, 0.3) is 0 Å². The summed E-state index contributed by atoms with van der Waals surface area (Å²) < 4.78 is 43.1. The molecule has 0 radical (unpaired) electrons. The number of nitrogens with two attached hydrogens (primary N) is 1. The summed E-state index contributed by atoms with van der Waals surface area (Å²) in [7, 11) is 0. The average molecular weight is 301 g/mol. The molecule has 2 N–H and O–H groups in total. The van der Waals surface area contributed by atoms with Crippen LogP contribution in [0.3, 0.4) is 0 Å². The molecule has 0 bridgehead atoms. The fourth-order valence-electron chi connectivity index (χ4n) is 2.58. The Hall–Kier alpha value is -1.72. The predicted molar refractivity (Wildman–Crippen MR) is 72.7 cm³/mol. The molecule has 21 heavy (non-hydrogen) atoms. The molecule has 0 amide bonds. The molecule has 0 aromatic heterocycles. The fourth-order valence-corrected chi connectivity index (χ4v) is 2.58. The van der Waals surface area contributed by atoms with Gasteiger partial charge in [-0.2, -0.15) is 13.2 Å². The molecule has 0 saturated heterocycles. The second kappa shape index (κ2) is 5.95. The molecule has 1 aromatic carbocycles. The van der Waals surface area contributed by atoms with Gasteiger partial charge >= 0.3 is 12.1 Å². The molecule has 1 fully saturated rings. The third kappa shape index (κ3) is 3.68. The standard InChI is InChI=1S/C15H18F3NO2/c1-9-4-2-3-5-13(9)21-14(20)11-7-6-10(8-12(11)19)15(16,17)18/h6-9,13H,2-5,19H2,1H3. The topological polar surface area (TPSA) is 52.3 Å². The summed E-state index contributed by atoms with van der Waals surface area (Å²) in [6.45, 7) is 2.01. The number of alkyl halides is 3. The van der Waals surface area contributed by atoms with E-state index in [4.69, 9.17) is 10.5 Å². The summed E-state index contributed by atoms with van der Waals surface area (Å²) in [5.41, 5.74) is 4.46. The van der Waals surface area contributed by atoms with Gasteiger partial charge in [-0.3, -0.25) is 0 Å². The lowest BCUT2D eigenvalue weighted by Crippen LogP contribution is -2.28. The van der Waals surface area contributed by atoms with E-state index < -0.39 is 17.7 Å². The highest BCUT2D eigenvalue weighted by molar-refractivity contribution is 5.95. The van der Waals surface area contributed by atoms with Crippen molar-refractivity contribution >= 4 is 11.7 Å². The van der Waals surface area contributed by atoms with Gasteiger partial charge in [-0.1, -0.05) is 13.3 Å². The van der Waals surface area contributed by atoms with Crippen LogP contribution in [-0.2, 0) is 10.9 Å². The number of rotatable bonds is 2. The van der Waals surface area contributed by atoms with E-state index in [1.54, 1.807) is 0 Å². The Bertz CT molecular complexity index is 528. The molecule has 2 rings (SSSR count). The Labute approximate surface area is 121 Å². The molecule has 1 aromatic rings. The lowest BCUT2D eigenvalue weighted by atomic mass is 9.88. The van der Waals surface area contributed by atoms with Crippen molar-refractivity contribution < 1.29 is 22.7 Å². The summed E-state index contributed by atoms with van der Waals surface area (Å²) in [6, 6.07) is 2.69. The maximum Gasteiger partial charge on any atom is 0.416 e. The van der Waals surface area contributed by atoms with E-state index in [-0.39, 0.29) is 23.3 Å². The van der Waals surface area contributed by atoms with Gasteiger partial charge in [-0.25, -0.2) is 4.79 Å². The molecule has 1 aliphatic carbocycles. The Morgan fingerprint density at radius 2 is 1.95 bits per heavy atom. The van der Waals surface area contributed by atoms with E-state index in [9.17, 15) is 18.0 Å². The van der Waals surface area contributed by atoms with Crippen molar-refractivity contribution in [3.63, 3.8) is 0 Å². The number of nitrogen functional groups attached to an aromatic ring is 1. The van der Waals surface area contributed by atoms with E-state index in [2.05, 4.69) is 0 Å². The van der Waals surface area contributed by atoms with Gasteiger partial charge in [-0.05, 0) is 43.4 Å². The first-order valence-electron chi connectivity index (χ1n) is 6.96. The van der Waals surface area contributed by atoms with Gasteiger partial charge in [0.1, 0.15) is 6.10 Å². The van der Waals surface area contributed by atoms with Gasteiger partial charge in [0, 0.05) is 5.69 Å². The first-order valence-corrected chi connectivity index (χ1v) is 6.96. The summed E-state index contributed by atoms with van der Waals surface area (Å²) in [6.07, 6.45) is -0.793. The van der Waals surface area contributed by atoms with Gasteiger partial charge < -0.3 is 10.5 Å². The lowest BCUT2D eigenvalue weighted by molar-refractivity contribution is -0.137. The third-order valence-corrected chi connectivity index (χ3v) is 3.89. The summed E-state index contributed by atoms with van der Waals surface area (Å²) in [5.74, 6) is -0.390. The van der Waals surface area contributed by atoms with Crippen molar-refractivity contribution in [1.82, 2.24) is 0 Å². The van der Waals surface area contributed by atoms with Crippen LogP contribution in [0.1, 0.15) is 48.5 Å². The van der Waals surface area contributed by atoms with E-state index >= 15 is 0 Å². The zero-order chi connectivity index (χ0) is 15.6. The number of ether oxygens (including phenoxy) is 1. The Morgan fingerprint density at radius 3 is 2.52 bits per heavy atom. The van der Waals surface area contributed by atoms with Crippen molar-refractivity contribution in [3.05, 3.63) is 29.3 Å². The van der Waals surface area contributed by atoms with Crippen molar-refractivity contribution in [2.75, 3.05) is 5.73 Å². The highest BCUT2D eigenvalue weighted by atomic mass is 19.4. The number of hydrogen-bond donors (Lipinski definition) is 1. The minimum atomic E-state index is -4.48. The molecule has 0 aliphatic heterocycles. The number of halogens is 3. The number of hydrogen-bond acceptors (Lipinski definition) is 3. The van der Waals surface area contributed by atoms with E-state index in [1.165, 1.54) is 0 Å². The smallest absolute Gasteiger partial charge is 0.416 e. The van der Waals surface area contributed by atoms with Crippen LogP contribution in [0.4, 0.5) is 18.9 Å². The first-order chi connectivity index (χ1) is 9.79. The molecular formula is C15H18F3NO2. The molecule has 116 valence electrons. The van der Waals surface area contributed by atoms with E-state index in [0.717, 1.165) is 43.9 Å². The van der Waals surface area contributed by atoms with Gasteiger partial charge in [0.15, 0.2) is 0 Å². The van der Waals surface area contributed by atoms with Gasteiger partial charge in [-0.15, -0.1) is 0 Å². The highest BCUT2D eigenvalue weighted by Gasteiger charge is 2.32. The molecular weight excluding hydrogens is 283 g/mol. The molecule has 6 heteroatoms. The van der Waals surface area contributed by atoms with Crippen LogP contribution < -0.4 is 5.73 Å². The van der Waals surface area contributed by atoms with Crippen LogP contribution in [0, 0.1) is 5.92 Å². The first kappa shape index (κ1) is 15.7. The maximum absolute atomic E-state index is 12.6. The fraction of sp³-hybridized carbons (Fsp3) is 0.533. The number of carbonyl (C=O) groups is 1. The minimum Gasteiger partial charge on any atom is -0.458 e. The van der Waals surface area contributed by atoms with Crippen molar-refractivity contribution in [2.45, 2.75) is 44.9 Å². The SMILES string of the molecule is CC1CCCCC1OC(=O)c1ccc(C(F)(F)F)cc1N. The van der Waals surface area contributed by atoms with Crippen molar-refractivity contribution in [3.8, 4) is 0 Å². The molecule has 3 nitrogen and oxygen atoms in total. The number of anilines is 1. The van der Waals surface area contributed by atoms with E-state index in [0.29, 0.717) is 0 Å². The maximum atomic E-state index is 12.6. The third-order valence-electron chi connectivity index (χ3n) is 3.89. The molecule has 1 aliphatic rings. The zero-order valence-corrected chi connectivity index (χ0v) is 11.7. The summed E-state index contributed by atoms with van der Waals surface area (Å²) in [4.78, 5) is 12.1. The molecule has 2 unspecified atom stereocenters. The predicted octanol–water partition coefficient (Wildman–Crippen LogP) is 4.02. The van der Waals surface area contributed by atoms with E-state index in [1.807, 2.05) is 6.92 Å². The second-order valence-electron chi connectivity index (χ2n) is 5.51. The number of esters is 1. The van der Waals surface area contributed by atoms with Crippen LogP contribution in [0.15, 0.2) is 18.2 Å². The largest absolute Gasteiger partial charge is 0.458 e. The van der Waals surface area contributed by atoms with Gasteiger partial charge in [0.2, 0.25) is 0 Å². The Kier molecular flexibility index (Phi) is 4.44. The minimum absolute atomic E-state index is 0.0132. The summed E-state index contributed by atoms with van der Waals surface area (Å²) in [5, 5.41) is 0. The zero-order valence-electron chi connectivity index (χ0n) is 11.7. The lowest BCUT2D eigenvalue weighted by Gasteiger charge is -2.28. The molecule has 0 spiro atoms. The van der Waals surface area contributed by atoms with Crippen LogP contribution in [0.5, 0.6) is 0 Å². The average Bonchev–Trinajstić information content (AvgIpc) is 2.40. The van der Waals surface area contributed by atoms with Gasteiger partial charge in [0.05, 0.1) is 11.1 Å². The molecule has 1 saturated carbocycles. The molecule has 0 heterocycles. The van der Waals surface area contributed by atoms with Crippen LogP contribution in [-0.4, -0.2) is 12.1 Å². The van der Waals surface area contributed by atoms with Crippen molar-refractivity contribution in [2.24, 2.45) is 5.92 Å².